The predicted molar refractivity (Wildman–Crippen MR) is 118 cm³/mol. The molecular formula is C19H31IN4O2. The number of carbonyl (C=O) groups excluding carboxylic acids is 1. The van der Waals surface area contributed by atoms with Gasteiger partial charge in [0.05, 0.1) is 0 Å². The van der Waals surface area contributed by atoms with Gasteiger partial charge in [-0.3, -0.25) is 9.79 Å². The summed E-state index contributed by atoms with van der Waals surface area (Å²) in [5, 5.41) is 9.31. The van der Waals surface area contributed by atoms with Gasteiger partial charge in [-0.15, -0.1) is 24.0 Å². The quantitative estimate of drug-likeness (QED) is 0.178. The number of amides is 1. The Morgan fingerprint density at radius 2 is 1.85 bits per heavy atom. The molecule has 0 fully saturated rings. The highest BCUT2D eigenvalue weighted by atomic mass is 127. The van der Waals surface area contributed by atoms with E-state index in [0.29, 0.717) is 32.2 Å². The maximum Gasteiger partial charge on any atom is 0.225 e. The summed E-state index contributed by atoms with van der Waals surface area (Å²) in [6.45, 7) is 11.5. The highest BCUT2D eigenvalue weighted by Gasteiger charge is 2.20. The van der Waals surface area contributed by atoms with Crippen LogP contribution in [0.25, 0.3) is 0 Å². The van der Waals surface area contributed by atoms with Crippen LogP contribution >= 0.6 is 24.0 Å². The van der Waals surface area contributed by atoms with E-state index in [1.165, 1.54) is 0 Å². The van der Waals surface area contributed by atoms with Crippen LogP contribution in [0.15, 0.2) is 41.9 Å². The first-order chi connectivity index (χ1) is 11.9. The van der Waals surface area contributed by atoms with E-state index < -0.39 is 0 Å². The van der Waals surface area contributed by atoms with Gasteiger partial charge >= 0.3 is 0 Å². The molecule has 3 N–H and O–H groups in total. The van der Waals surface area contributed by atoms with Gasteiger partial charge in [-0.25, -0.2) is 0 Å². The molecule has 0 unspecified atom stereocenters. The van der Waals surface area contributed by atoms with Crippen LogP contribution in [-0.2, 0) is 11.3 Å². The molecule has 0 atom stereocenters. The summed E-state index contributed by atoms with van der Waals surface area (Å²) < 4.78 is 5.64. The van der Waals surface area contributed by atoms with Crippen molar-refractivity contribution in [3.63, 3.8) is 0 Å². The van der Waals surface area contributed by atoms with E-state index in [2.05, 4.69) is 27.5 Å². The van der Waals surface area contributed by atoms with Crippen LogP contribution in [0.3, 0.4) is 0 Å². The van der Waals surface area contributed by atoms with E-state index in [9.17, 15) is 4.79 Å². The number of nitrogens with one attached hydrogen (secondary N) is 3. The zero-order valence-electron chi connectivity index (χ0n) is 16.1. The van der Waals surface area contributed by atoms with E-state index in [4.69, 9.17) is 4.74 Å². The topological polar surface area (TPSA) is 74.8 Å². The Kier molecular flexibility index (Phi) is 11.7. The molecule has 1 amide bonds. The molecule has 0 aliphatic rings. The summed E-state index contributed by atoms with van der Waals surface area (Å²) in [6.07, 6.45) is 1.72. The Labute approximate surface area is 173 Å². The molecule has 0 spiro atoms. The molecule has 0 saturated carbocycles. The molecule has 7 heteroatoms. The lowest BCUT2D eigenvalue weighted by Crippen LogP contribution is -2.43. The summed E-state index contributed by atoms with van der Waals surface area (Å²) in [6, 6.07) is 7.84. The minimum atomic E-state index is -0.380. The second-order valence-electron chi connectivity index (χ2n) is 6.57. The number of hydrogen-bond acceptors (Lipinski definition) is 3. The van der Waals surface area contributed by atoms with Crippen molar-refractivity contribution in [3.05, 3.63) is 42.5 Å². The summed E-state index contributed by atoms with van der Waals surface area (Å²) in [4.78, 5) is 16.0. The van der Waals surface area contributed by atoms with Gasteiger partial charge in [0.1, 0.15) is 12.4 Å². The second-order valence-corrected chi connectivity index (χ2v) is 6.57. The number of hydrogen-bond donors (Lipinski definition) is 3. The summed E-state index contributed by atoms with van der Waals surface area (Å²) >= 11 is 0. The Morgan fingerprint density at radius 3 is 2.46 bits per heavy atom. The standard InChI is InChI=1S/C19H30N4O2.HI/c1-6-13-25-16-10-8-7-9-15(16)14-23-18(20-5)22-12-11-21-17(24)19(2,3)4;/h6-10H,1,11-14H2,2-5H3,(H,21,24)(H2,20,22,23);1H. The zero-order valence-corrected chi connectivity index (χ0v) is 18.4. The number of carbonyl (C=O) groups is 1. The van der Waals surface area contributed by atoms with Gasteiger partial charge in [0.15, 0.2) is 5.96 Å². The van der Waals surface area contributed by atoms with E-state index >= 15 is 0 Å². The fourth-order valence-corrected chi connectivity index (χ4v) is 1.96. The Balaban J connectivity index is 0.00000625. The van der Waals surface area contributed by atoms with Gasteiger partial charge in [0, 0.05) is 37.7 Å². The van der Waals surface area contributed by atoms with E-state index in [-0.39, 0.29) is 35.3 Å². The van der Waals surface area contributed by atoms with Gasteiger partial charge in [-0.1, -0.05) is 51.6 Å². The van der Waals surface area contributed by atoms with E-state index in [0.717, 1.165) is 11.3 Å². The van der Waals surface area contributed by atoms with Crippen molar-refractivity contribution in [3.8, 4) is 5.75 Å². The maximum atomic E-state index is 11.8. The largest absolute Gasteiger partial charge is 0.489 e. The number of aliphatic imine (C=N–C) groups is 1. The van der Waals surface area contributed by atoms with Crippen LogP contribution < -0.4 is 20.7 Å². The molecule has 0 heterocycles. The van der Waals surface area contributed by atoms with Crippen LogP contribution in [0.5, 0.6) is 5.75 Å². The summed E-state index contributed by atoms with van der Waals surface area (Å²) in [7, 11) is 1.71. The molecule has 26 heavy (non-hydrogen) atoms. The predicted octanol–water partition coefficient (Wildman–Crippen LogP) is 2.70. The monoisotopic (exact) mass is 474 g/mol. The average molecular weight is 474 g/mol. The van der Waals surface area contributed by atoms with E-state index in [1.807, 2.05) is 45.0 Å². The molecule has 146 valence electrons. The van der Waals surface area contributed by atoms with Gasteiger partial charge in [0.2, 0.25) is 5.91 Å². The molecule has 1 rings (SSSR count). The van der Waals surface area contributed by atoms with Gasteiger partial charge in [0.25, 0.3) is 0 Å². The van der Waals surface area contributed by atoms with Crippen LogP contribution in [0.2, 0.25) is 0 Å². The molecule has 0 bridgehead atoms. The van der Waals surface area contributed by atoms with Crippen molar-refractivity contribution in [1.82, 2.24) is 16.0 Å². The van der Waals surface area contributed by atoms with Crippen LogP contribution in [-0.4, -0.2) is 38.6 Å². The van der Waals surface area contributed by atoms with Gasteiger partial charge < -0.3 is 20.7 Å². The Bertz CT molecular complexity index is 597. The fourth-order valence-electron chi connectivity index (χ4n) is 1.96. The number of halogens is 1. The van der Waals surface area contributed by atoms with Crippen LogP contribution in [0.1, 0.15) is 26.3 Å². The number of rotatable bonds is 8. The van der Waals surface area contributed by atoms with Crippen molar-refractivity contribution < 1.29 is 9.53 Å². The van der Waals surface area contributed by atoms with Crippen molar-refractivity contribution >= 4 is 35.8 Å². The lowest BCUT2D eigenvalue weighted by atomic mass is 9.96. The fraction of sp³-hybridized carbons (Fsp3) is 0.474. The van der Waals surface area contributed by atoms with Gasteiger partial charge in [-0.05, 0) is 6.07 Å². The number of ether oxygens (including phenoxy) is 1. The summed E-state index contributed by atoms with van der Waals surface area (Å²) in [5.74, 6) is 1.52. The zero-order chi connectivity index (χ0) is 18.7. The van der Waals surface area contributed by atoms with E-state index in [1.54, 1.807) is 13.1 Å². The maximum absolute atomic E-state index is 11.8. The molecule has 0 aromatic heterocycles. The van der Waals surface area contributed by atoms with Crippen molar-refractivity contribution in [2.75, 3.05) is 26.7 Å². The van der Waals surface area contributed by atoms with Crippen LogP contribution in [0.4, 0.5) is 0 Å². The first-order valence-electron chi connectivity index (χ1n) is 8.43. The molecule has 0 radical (unpaired) electrons. The third-order valence-corrected chi connectivity index (χ3v) is 3.38. The molecule has 0 saturated heterocycles. The highest BCUT2D eigenvalue weighted by molar-refractivity contribution is 14.0. The van der Waals surface area contributed by atoms with Crippen molar-refractivity contribution in [1.29, 1.82) is 0 Å². The Morgan fingerprint density at radius 1 is 1.19 bits per heavy atom. The normalized spacial score (nSPS) is 11.2. The second kappa shape index (κ2) is 12.6. The number of benzene rings is 1. The Hall–Kier alpha value is -1.77. The lowest BCUT2D eigenvalue weighted by molar-refractivity contribution is -0.128. The van der Waals surface area contributed by atoms with Crippen molar-refractivity contribution in [2.24, 2.45) is 10.4 Å². The number of guanidine groups is 1. The molecule has 0 aliphatic heterocycles. The minimum absolute atomic E-state index is 0. The molecule has 1 aromatic rings. The smallest absolute Gasteiger partial charge is 0.225 e. The van der Waals surface area contributed by atoms with Gasteiger partial charge in [-0.2, -0.15) is 0 Å². The van der Waals surface area contributed by atoms with Crippen LogP contribution in [0, 0.1) is 5.41 Å². The minimum Gasteiger partial charge on any atom is -0.489 e. The molecule has 1 aromatic carbocycles. The highest BCUT2D eigenvalue weighted by Crippen LogP contribution is 2.17. The van der Waals surface area contributed by atoms with Crippen molar-refractivity contribution in [2.45, 2.75) is 27.3 Å². The third kappa shape index (κ3) is 9.07. The molecule has 0 aliphatic carbocycles. The average Bonchev–Trinajstić information content (AvgIpc) is 2.59. The molecule has 6 nitrogen and oxygen atoms in total. The summed E-state index contributed by atoms with van der Waals surface area (Å²) in [5.41, 5.74) is 0.656. The SMILES string of the molecule is C=CCOc1ccccc1CNC(=NC)NCCNC(=O)C(C)(C)C.I. The molecular weight excluding hydrogens is 443 g/mol. The first kappa shape index (κ1) is 24.2. The number of para-hydroxylation sites is 1. The third-order valence-electron chi connectivity index (χ3n) is 3.38. The lowest BCUT2D eigenvalue weighted by Gasteiger charge is -2.18. The number of nitrogens with zero attached hydrogens (tertiary/aromatic N) is 1. The first-order valence-corrected chi connectivity index (χ1v) is 8.43.